The number of methoxy groups -OCH3 is 1. The van der Waals surface area contributed by atoms with E-state index in [0.29, 0.717) is 0 Å². The lowest BCUT2D eigenvalue weighted by molar-refractivity contribution is -0.247. The van der Waals surface area contributed by atoms with E-state index >= 15 is 0 Å². The van der Waals surface area contributed by atoms with Gasteiger partial charge < -0.3 is 33.7 Å². The fraction of sp³-hybridized carbons (Fsp3) is 0.542. The Morgan fingerprint density at radius 3 is 2.08 bits per heavy atom. The first kappa shape index (κ1) is 32.3. The molecule has 2 heterocycles. The number of rotatable bonds is 10. The second kappa shape index (κ2) is 14.5. The molecule has 1 aromatic rings. The highest BCUT2D eigenvalue weighted by Crippen LogP contribution is 2.31. The van der Waals surface area contributed by atoms with Crippen LogP contribution in [0.3, 0.4) is 0 Å². The minimum atomic E-state index is -1.44. The minimum absolute atomic E-state index is 0.0847. The topological polar surface area (TPSA) is 188 Å². The molecule has 0 aromatic carbocycles. The molecule has 220 valence electrons. The highest BCUT2D eigenvalue weighted by molar-refractivity contribution is 7.98. The van der Waals surface area contributed by atoms with Crippen LogP contribution in [0.2, 0.25) is 0 Å². The third kappa shape index (κ3) is 8.54. The predicted molar refractivity (Wildman–Crippen MR) is 138 cm³/mol. The fourth-order valence-electron chi connectivity index (χ4n) is 3.74. The van der Waals surface area contributed by atoms with Gasteiger partial charge in [0.05, 0.1) is 12.7 Å². The number of hydrogen-bond donors (Lipinski definition) is 1. The Bertz CT molecular complexity index is 1230. The van der Waals surface area contributed by atoms with Crippen LogP contribution in [0.25, 0.3) is 6.08 Å². The number of carbonyl (C=O) groups excluding carboxylic acids is 5. The lowest BCUT2D eigenvalue weighted by Gasteiger charge is -2.44. The summed E-state index contributed by atoms with van der Waals surface area (Å²) in [5.74, 6) is -3.88. The van der Waals surface area contributed by atoms with E-state index in [2.05, 4.69) is 15.0 Å². The first-order valence-electron chi connectivity index (χ1n) is 11.8. The lowest BCUT2D eigenvalue weighted by Crippen LogP contribution is -2.64. The first-order chi connectivity index (χ1) is 18.8. The Kier molecular flexibility index (Phi) is 11.7. The average Bonchev–Trinajstić information content (AvgIpc) is 2.86. The van der Waals surface area contributed by atoms with Gasteiger partial charge in [-0.05, 0) is 12.3 Å². The second-order valence-electron chi connectivity index (χ2n) is 8.35. The maximum Gasteiger partial charge on any atom is 0.330 e. The molecule has 0 amide bonds. The summed E-state index contributed by atoms with van der Waals surface area (Å²) in [5.41, 5.74) is -0.633. The van der Waals surface area contributed by atoms with Crippen molar-refractivity contribution in [1.82, 2.24) is 9.55 Å². The van der Waals surface area contributed by atoms with Crippen molar-refractivity contribution in [2.45, 2.75) is 63.5 Å². The van der Waals surface area contributed by atoms with Crippen LogP contribution in [0.15, 0.2) is 16.0 Å². The van der Waals surface area contributed by atoms with Gasteiger partial charge in [-0.2, -0.15) is 0 Å². The summed E-state index contributed by atoms with van der Waals surface area (Å²) >= 11 is 1.15. The third-order valence-corrected chi connectivity index (χ3v) is 6.05. The zero-order chi connectivity index (χ0) is 30.1. The molecule has 1 saturated heterocycles. The molecule has 1 N–H and O–H groups in total. The van der Waals surface area contributed by atoms with E-state index in [-0.39, 0.29) is 16.5 Å². The maximum atomic E-state index is 13.2. The number of thioether (sulfide) groups is 1. The Hall–Kier alpha value is -3.92. The third-order valence-electron chi connectivity index (χ3n) is 5.32. The standard InChI is InChI=1S/C24H31N3O12S/c1-11(28)35-10-16-18(36-12(2)29)19(37-13(3)30)20(38-14(4)31)22(39-16)25-21-15(8-9-17(32)34-6)23(33)27(5)24(26-21)40-7/h8-9,16,18-20,22,25H,10H2,1-7H3/b9-8+/t16-,18-,19+,20-,22-/m1/s1. The number of esters is 5. The maximum absolute atomic E-state index is 13.2. The van der Waals surface area contributed by atoms with Crippen LogP contribution in [0.5, 0.6) is 0 Å². The summed E-state index contributed by atoms with van der Waals surface area (Å²) in [4.78, 5) is 76.9. The van der Waals surface area contributed by atoms with E-state index in [1.54, 1.807) is 6.26 Å². The minimum Gasteiger partial charge on any atom is -0.466 e. The molecule has 0 radical (unpaired) electrons. The van der Waals surface area contributed by atoms with E-state index in [1.807, 2.05) is 0 Å². The molecule has 2 rings (SSSR count). The Balaban J connectivity index is 2.69. The molecule has 0 unspecified atom stereocenters. The molecule has 5 atom stereocenters. The number of carbonyl (C=O) groups is 5. The van der Waals surface area contributed by atoms with Crippen molar-refractivity contribution < 1.29 is 52.4 Å². The van der Waals surface area contributed by atoms with E-state index in [0.717, 1.165) is 52.6 Å². The van der Waals surface area contributed by atoms with Crippen LogP contribution in [0.1, 0.15) is 33.3 Å². The summed E-state index contributed by atoms with van der Waals surface area (Å²) in [6, 6.07) is 0. The van der Waals surface area contributed by atoms with Crippen LogP contribution < -0.4 is 10.9 Å². The molecule has 0 aliphatic carbocycles. The van der Waals surface area contributed by atoms with Gasteiger partial charge in [-0.15, -0.1) is 0 Å². The van der Waals surface area contributed by atoms with Crippen molar-refractivity contribution >= 4 is 53.5 Å². The normalized spacial score (nSPS) is 22.2. The van der Waals surface area contributed by atoms with Crippen molar-refractivity contribution in [2.24, 2.45) is 7.05 Å². The Labute approximate surface area is 233 Å². The number of ether oxygens (including phenoxy) is 6. The average molecular weight is 586 g/mol. The van der Waals surface area contributed by atoms with E-state index < -0.39 is 72.7 Å². The molecule has 1 fully saturated rings. The van der Waals surface area contributed by atoms with E-state index in [4.69, 9.17) is 23.7 Å². The highest BCUT2D eigenvalue weighted by atomic mass is 32.2. The molecule has 0 saturated carbocycles. The largest absolute Gasteiger partial charge is 0.466 e. The molecule has 40 heavy (non-hydrogen) atoms. The molecule has 0 bridgehead atoms. The molecule has 1 aliphatic rings. The number of aromatic nitrogens is 2. The summed E-state index contributed by atoms with van der Waals surface area (Å²) in [6.45, 7) is 4.01. The van der Waals surface area contributed by atoms with Crippen molar-refractivity contribution in [2.75, 3.05) is 25.3 Å². The lowest BCUT2D eigenvalue weighted by atomic mass is 9.97. The number of anilines is 1. The van der Waals surface area contributed by atoms with Crippen molar-refractivity contribution in [1.29, 1.82) is 0 Å². The zero-order valence-electron chi connectivity index (χ0n) is 23.0. The molecule has 1 aliphatic heterocycles. The van der Waals surface area contributed by atoms with E-state index in [1.165, 1.54) is 17.7 Å². The molecular formula is C24H31N3O12S. The van der Waals surface area contributed by atoms with Crippen LogP contribution in [-0.4, -0.2) is 90.0 Å². The number of nitrogens with one attached hydrogen (secondary N) is 1. The molecule has 1 aromatic heterocycles. The van der Waals surface area contributed by atoms with Gasteiger partial charge >= 0.3 is 29.8 Å². The molecular weight excluding hydrogens is 554 g/mol. The zero-order valence-corrected chi connectivity index (χ0v) is 23.8. The van der Waals surface area contributed by atoms with Crippen LogP contribution >= 0.6 is 11.8 Å². The first-order valence-corrected chi connectivity index (χ1v) is 13.0. The monoisotopic (exact) mass is 585 g/mol. The highest BCUT2D eigenvalue weighted by Gasteiger charge is 2.52. The smallest absolute Gasteiger partial charge is 0.330 e. The Morgan fingerprint density at radius 2 is 1.55 bits per heavy atom. The van der Waals surface area contributed by atoms with Crippen molar-refractivity contribution in [3.05, 3.63) is 22.0 Å². The van der Waals surface area contributed by atoms with Gasteiger partial charge in [-0.25, -0.2) is 9.78 Å². The van der Waals surface area contributed by atoms with Crippen LogP contribution in [0.4, 0.5) is 5.82 Å². The predicted octanol–water partition coefficient (Wildman–Crippen LogP) is 0.183. The van der Waals surface area contributed by atoms with Gasteiger partial charge in [0.2, 0.25) is 0 Å². The SMILES string of the molecule is COC(=O)/C=C/c1c(N[C@@H]2O[C@H](COC(C)=O)[C@@H](OC(C)=O)[C@H](OC(C)=O)[C@H]2OC(C)=O)nc(SC)n(C)c1=O. The second-order valence-corrected chi connectivity index (χ2v) is 9.12. The van der Waals surface area contributed by atoms with Gasteiger partial charge in [-0.1, -0.05) is 11.8 Å². The quantitative estimate of drug-likeness (QED) is 0.129. The Morgan fingerprint density at radius 1 is 0.975 bits per heavy atom. The molecule has 16 heteroatoms. The molecule has 15 nitrogen and oxygen atoms in total. The summed E-state index contributed by atoms with van der Waals surface area (Å²) in [6.07, 6.45) is -2.97. The summed E-state index contributed by atoms with van der Waals surface area (Å²) < 4.78 is 33.1. The van der Waals surface area contributed by atoms with Gasteiger partial charge in [0, 0.05) is 40.8 Å². The summed E-state index contributed by atoms with van der Waals surface area (Å²) in [7, 11) is 2.64. The van der Waals surface area contributed by atoms with E-state index in [9.17, 15) is 28.8 Å². The molecule has 0 spiro atoms. The van der Waals surface area contributed by atoms with Crippen LogP contribution in [-0.2, 0) is 59.4 Å². The van der Waals surface area contributed by atoms with Gasteiger partial charge in [0.1, 0.15) is 18.5 Å². The van der Waals surface area contributed by atoms with Gasteiger partial charge in [-0.3, -0.25) is 28.5 Å². The van der Waals surface area contributed by atoms with Gasteiger partial charge in [0.15, 0.2) is 29.7 Å². The number of hydrogen-bond acceptors (Lipinski definition) is 15. The van der Waals surface area contributed by atoms with Gasteiger partial charge in [0.25, 0.3) is 5.56 Å². The number of nitrogens with zero attached hydrogens (tertiary/aromatic N) is 2. The van der Waals surface area contributed by atoms with Crippen molar-refractivity contribution in [3.8, 4) is 0 Å². The fourth-order valence-corrected chi connectivity index (χ4v) is 4.28. The van der Waals surface area contributed by atoms with Crippen LogP contribution in [0, 0.1) is 0 Å². The van der Waals surface area contributed by atoms with Crippen molar-refractivity contribution in [3.63, 3.8) is 0 Å². The summed E-state index contributed by atoms with van der Waals surface area (Å²) in [5, 5.41) is 3.14.